The first-order chi connectivity index (χ1) is 8.29. The van der Waals surface area contributed by atoms with Crippen LogP contribution < -0.4 is 0 Å². The molecule has 3 heteroatoms. The van der Waals surface area contributed by atoms with Crippen molar-refractivity contribution in [3.05, 3.63) is 12.2 Å². The largest absolute Gasteiger partial charge is 0.392 e. The monoisotopic (exact) mass is 238 g/mol. The van der Waals surface area contributed by atoms with Crippen molar-refractivity contribution in [2.45, 2.75) is 56.8 Å². The molecule has 0 aromatic carbocycles. The summed E-state index contributed by atoms with van der Waals surface area (Å²) in [6.07, 6.45) is 11.1. The van der Waals surface area contributed by atoms with Crippen molar-refractivity contribution in [1.29, 1.82) is 0 Å². The molecule has 2 spiro atoms. The summed E-state index contributed by atoms with van der Waals surface area (Å²) in [6.45, 7) is 1.36. The molecule has 2 aliphatic carbocycles. The molecule has 0 amide bonds. The van der Waals surface area contributed by atoms with E-state index in [-0.39, 0.29) is 11.5 Å². The van der Waals surface area contributed by atoms with Crippen molar-refractivity contribution >= 4 is 0 Å². The molecule has 3 aliphatic rings. The van der Waals surface area contributed by atoms with Gasteiger partial charge in [-0.05, 0) is 32.1 Å². The van der Waals surface area contributed by atoms with Crippen LogP contribution in [0.25, 0.3) is 0 Å². The summed E-state index contributed by atoms with van der Waals surface area (Å²) in [7, 11) is 0. The highest BCUT2D eigenvalue weighted by molar-refractivity contribution is 5.09. The van der Waals surface area contributed by atoms with Gasteiger partial charge in [0, 0.05) is 6.42 Å². The molecular weight excluding hydrogens is 216 g/mol. The van der Waals surface area contributed by atoms with Crippen LogP contribution in [0, 0.1) is 5.41 Å². The Balaban J connectivity index is 1.97. The van der Waals surface area contributed by atoms with Gasteiger partial charge in [0.25, 0.3) is 0 Å². The van der Waals surface area contributed by atoms with E-state index in [2.05, 4.69) is 12.2 Å². The van der Waals surface area contributed by atoms with E-state index in [4.69, 9.17) is 9.47 Å². The minimum absolute atomic E-state index is 0.200. The molecule has 1 saturated heterocycles. The standard InChI is InChI=1S/C14H22O3/c15-12-6-2-1-3-7-13(12)8-4-5-9-14(13)16-10-11-17-14/h1,3,12,15H,2,4-11H2/t12-,13-/m0/s1. The second-order valence-corrected chi connectivity index (χ2v) is 5.58. The highest BCUT2D eigenvalue weighted by atomic mass is 16.7. The van der Waals surface area contributed by atoms with Crippen LogP contribution in [0.4, 0.5) is 0 Å². The summed E-state index contributed by atoms with van der Waals surface area (Å²) >= 11 is 0. The van der Waals surface area contributed by atoms with Crippen LogP contribution >= 0.6 is 0 Å². The lowest BCUT2D eigenvalue weighted by molar-refractivity contribution is -0.281. The first-order valence-electron chi connectivity index (χ1n) is 6.90. The smallest absolute Gasteiger partial charge is 0.176 e. The van der Waals surface area contributed by atoms with Crippen molar-refractivity contribution in [1.82, 2.24) is 0 Å². The number of fused-ring (bicyclic) bond motifs is 1. The normalized spacial score (nSPS) is 40.9. The summed E-state index contributed by atoms with van der Waals surface area (Å²) in [5, 5.41) is 10.6. The van der Waals surface area contributed by atoms with Gasteiger partial charge in [0.05, 0.1) is 24.7 Å². The average Bonchev–Trinajstić information content (AvgIpc) is 2.73. The van der Waals surface area contributed by atoms with Crippen LogP contribution in [-0.2, 0) is 9.47 Å². The molecule has 1 N–H and O–H groups in total. The van der Waals surface area contributed by atoms with Crippen molar-refractivity contribution in [3.8, 4) is 0 Å². The van der Waals surface area contributed by atoms with Crippen molar-refractivity contribution < 1.29 is 14.6 Å². The molecule has 0 bridgehead atoms. The van der Waals surface area contributed by atoms with Crippen LogP contribution in [0.3, 0.4) is 0 Å². The first-order valence-corrected chi connectivity index (χ1v) is 6.90. The zero-order valence-electron chi connectivity index (χ0n) is 10.4. The number of allylic oxidation sites excluding steroid dienone is 2. The van der Waals surface area contributed by atoms with E-state index in [9.17, 15) is 5.11 Å². The SMILES string of the molecule is O[C@H]1CCC=CC[C@]12CCCCC21OCCO1. The third kappa shape index (κ3) is 1.67. The molecule has 1 saturated carbocycles. The van der Waals surface area contributed by atoms with E-state index in [1.165, 1.54) is 6.42 Å². The third-order valence-electron chi connectivity index (χ3n) is 4.78. The van der Waals surface area contributed by atoms with Crippen LogP contribution in [0.2, 0.25) is 0 Å². The van der Waals surface area contributed by atoms with Gasteiger partial charge in [-0.2, -0.15) is 0 Å². The fraction of sp³-hybridized carbons (Fsp3) is 0.857. The molecule has 96 valence electrons. The predicted molar refractivity (Wildman–Crippen MR) is 64.5 cm³/mol. The molecule has 2 fully saturated rings. The van der Waals surface area contributed by atoms with E-state index in [1.54, 1.807) is 0 Å². The molecule has 3 rings (SSSR count). The van der Waals surface area contributed by atoms with Crippen molar-refractivity contribution in [2.75, 3.05) is 13.2 Å². The summed E-state index contributed by atoms with van der Waals surface area (Å²) in [6, 6.07) is 0. The molecule has 1 aliphatic heterocycles. The fourth-order valence-electron chi connectivity index (χ4n) is 3.88. The lowest BCUT2D eigenvalue weighted by Crippen LogP contribution is -2.57. The Kier molecular flexibility index (Phi) is 3.01. The number of hydrogen-bond donors (Lipinski definition) is 1. The Morgan fingerprint density at radius 3 is 2.65 bits per heavy atom. The summed E-state index contributed by atoms with van der Waals surface area (Å²) < 4.78 is 12.0. The van der Waals surface area contributed by atoms with Gasteiger partial charge in [0.15, 0.2) is 5.79 Å². The fourth-order valence-corrected chi connectivity index (χ4v) is 3.88. The molecule has 0 aromatic rings. The topological polar surface area (TPSA) is 38.7 Å². The zero-order chi connectivity index (χ0) is 11.8. The molecule has 1 heterocycles. The van der Waals surface area contributed by atoms with Crippen LogP contribution in [-0.4, -0.2) is 30.2 Å². The maximum absolute atomic E-state index is 10.6. The summed E-state index contributed by atoms with van der Waals surface area (Å²) in [5.74, 6) is -0.501. The lowest BCUT2D eigenvalue weighted by atomic mass is 9.63. The number of rotatable bonds is 0. The van der Waals surface area contributed by atoms with Gasteiger partial charge >= 0.3 is 0 Å². The molecule has 3 nitrogen and oxygen atoms in total. The van der Waals surface area contributed by atoms with E-state index in [1.807, 2.05) is 0 Å². The quantitative estimate of drug-likeness (QED) is 0.659. The molecule has 2 atom stereocenters. The molecular formula is C14H22O3. The Morgan fingerprint density at radius 2 is 1.82 bits per heavy atom. The van der Waals surface area contributed by atoms with Gasteiger partial charge in [0.2, 0.25) is 0 Å². The van der Waals surface area contributed by atoms with Gasteiger partial charge in [-0.3, -0.25) is 0 Å². The van der Waals surface area contributed by atoms with Gasteiger partial charge in [-0.15, -0.1) is 0 Å². The maximum atomic E-state index is 10.6. The van der Waals surface area contributed by atoms with E-state index in [0.717, 1.165) is 38.5 Å². The average molecular weight is 238 g/mol. The van der Waals surface area contributed by atoms with Crippen molar-refractivity contribution in [3.63, 3.8) is 0 Å². The Morgan fingerprint density at radius 1 is 1.06 bits per heavy atom. The molecule has 17 heavy (non-hydrogen) atoms. The highest BCUT2D eigenvalue weighted by Crippen LogP contribution is 2.55. The van der Waals surface area contributed by atoms with Crippen molar-refractivity contribution in [2.24, 2.45) is 5.41 Å². The molecule has 0 aromatic heterocycles. The highest BCUT2D eigenvalue weighted by Gasteiger charge is 2.59. The van der Waals surface area contributed by atoms with Crippen LogP contribution in [0.1, 0.15) is 44.9 Å². The Bertz CT molecular complexity index is 307. The Labute approximate surface area is 103 Å². The zero-order valence-corrected chi connectivity index (χ0v) is 10.4. The van der Waals surface area contributed by atoms with Crippen LogP contribution in [0.5, 0.6) is 0 Å². The minimum Gasteiger partial charge on any atom is -0.392 e. The number of aliphatic hydroxyl groups is 1. The number of hydrogen-bond acceptors (Lipinski definition) is 3. The van der Waals surface area contributed by atoms with E-state index >= 15 is 0 Å². The van der Waals surface area contributed by atoms with E-state index in [0.29, 0.717) is 13.2 Å². The maximum Gasteiger partial charge on any atom is 0.176 e. The lowest BCUT2D eigenvalue weighted by Gasteiger charge is -2.51. The predicted octanol–water partition coefficient (Wildman–Crippen LogP) is 2.39. The Hall–Kier alpha value is -0.380. The number of ether oxygens (including phenoxy) is 2. The second kappa shape index (κ2) is 4.38. The third-order valence-corrected chi connectivity index (χ3v) is 4.78. The summed E-state index contributed by atoms with van der Waals surface area (Å²) in [5.41, 5.74) is -0.200. The van der Waals surface area contributed by atoms with E-state index < -0.39 is 5.79 Å². The van der Waals surface area contributed by atoms with Gasteiger partial charge in [-0.25, -0.2) is 0 Å². The van der Waals surface area contributed by atoms with Gasteiger partial charge in [0.1, 0.15) is 0 Å². The van der Waals surface area contributed by atoms with Crippen LogP contribution in [0.15, 0.2) is 12.2 Å². The summed E-state index contributed by atoms with van der Waals surface area (Å²) in [4.78, 5) is 0. The van der Waals surface area contributed by atoms with Gasteiger partial charge < -0.3 is 14.6 Å². The second-order valence-electron chi connectivity index (χ2n) is 5.58. The molecule has 0 radical (unpaired) electrons. The minimum atomic E-state index is -0.501. The number of aliphatic hydroxyl groups excluding tert-OH is 1. The molecule has 0 unspecified atom stereocenters. The van der Waals surface area contributed by atoms with Gasteiger partial charge in [-0.1, -0.05) is 18.6 Å². The first kappa shape index (κ1) is 11.7.